The fourth-order valence-corrected chi connectivity index (χ4v) is 3.89. The van der Waals surface area contributed by atoms with E-state index in [0.29, 0.717) is 17.0 Å². The van der Waals surface area contributed by atoms with Crippen LogP contribution in [0, 0.1) is 0 Å². The number of hydrogen-bond donors (Lipinski definition) is 2. The van der Waals surface area contributed by atoms with Crippen LogP contribution in [0.2, 0.25) is 0 Å². The van der Waals surface area contributed by atoms with Crippen molar-refractivity contribution in [2.24, 2.45) is 0 Å². The van der Waals surface area contributed by atoms with Crippen molar-refractivity contribution >= 4 is 50.9 Å². The van der Waals surface area contributed by atoms with Crippen LogP contribution in [0.3, 0.4) is 0 Å². The molecule has 0 radical (unpaired) electrons. The highest BCUT2D eigenvalue weighted by atomic mass is 79.9. The van der Waals surface area contributed by atoms with Gasteiger partial charge < -0.3 is 15.4 Å². The standard InChI is InChI=1S/C23H21BrN2O3S/c1-15(22(27)26-21-9-4-3-8-20(21)24)30-19-12-10-17(11-13-19)25-23(28)16-6-5-7-18(14-16)29-2/h3-15H,1-2H3,(H,25,28)(H,26,27). The molecule has 0 fully saturated rings. The largest absolute Gasteiger partial charge is 0.497 e. The fraction of sp³-hybridized carbons (Fsp3) is 0.130. The Kier molecular flexibility index (Phi) is 7.54. The topological polar surface area (TPSA) is 67.4 Å². The zero-order chi connectivity index (χ0) is 21.5. The number of anilines is 2. The molecular weight excluding hydrogens is 464 g/mol. The normalized spacial score (nSPS) is 11.4. The minimum absolute atomic E-state index is 0.0812. The lowest BCUT2D eigenvalue weighted by atomic mass is 10.2. The maximum absolute atomic E-state index is 12.5. The second-order valence-electron chi connectivity index (χ2n) is 6.44. The molecule has 0 bridgehead atoms. The first-order valence-electron chi connectivity index (χ1n) is 9.24. The predicted octanol–water partition coefficient (Wildman–Crippen LogP) is 5.83. The van der Waals surface area contributed by atoms with Gasteiger partial charge >= 0.3 is 0 Å². The van der Waals surface area contributed by atoms with Crippen LogP contribution in [0.4, 0.5) is 11.4 Å². The zero-order valence-corrected chi connectivity index (χ0v) is 18.9. The van der Waals surface area contributed by atoms with Gasteiger partial charge in [0.05, 0.1) is 18.0 Å². The van der Waals surface area contributed by atoms with Crippen molar-refractivity contribution in [3.8, 4) is 5.75 Å². The number of rotatable bonds is 7. The van der Waals surface area contributed by atoms with Gasteiger partial charge in [0.15, 0.2) is 0 Å². The number of methoxy groups -OCH3 is 1. The number of ether oxygens (including phenoxy) is 1. The first-order chi connectivity index (χ1) is 14.5. The summed E-state index contributed by atoms with van der Waals surface area (Å²) >= 11 is 4.88. The molecule has 3 aromatic rings. The van der Waals surface area contributed by atoms with Crippen LogP contribution in [-0.4, -0.2) is 24.2 Å². The van der Waals surface area contributed by atoms with Crippen molar-refractivity contribution in [2.75, 3.05) is 17.7 Å². The lowest BCUT2D eigenvalue weighted by molar-refractivity contribution is -0.115. The third-order valence-corrected chi connectivity index (χ3v) is 6.06. The van der Waals surface area contributed by atoms with Crippen molar-refractivity contribution in [3.63, 3.8) is 0 Å². The van der Waals surface area contributed by atoms with E-state index < -0.39 is 0 Å². The van der Waals surface area contributed by atoms with E-state index >= 15 is 0 Å². The highest BCUT2D eigenvalue weighted by Crippen LogP contribution is 2.27. The molecule has 1 unspecified atom stereocenters. The van der Waals surface area contributed by atoms with E-state index in [2.05, 4.69) is 26.6 Å². The molecule has 0 heterocycles. The zero-order valence-electron chi connectivity index (χ0n) is 16.5. The summed E-state index contributed by atoms with van der Waals surface area (Å²) in [6.45, 7) is 1.86. The third kappa shape index (κ3) is 5.87. The molecule has 2 amide bonds. The van der Waals surface area contributed by atoms with E-state index in [1.807, 2.05) is 55.5 Å². The van der Waals surface area contributed by atoms with E-state index in [1.165, 1.54) is 11.8 Å². The number of carbonyl (C=O) groups excluding carboxylic acids is 2. The molecule has 0 aliphatic carbocycles. The molecule has 5 nitrogen and oxygen atoms in total. The summed E-state index contributed by atoms with van der Waals surface area (Å²) in [6.07, 6.45) is 0. The first-order valence-corrected chi connectivity index (χ1v) is 10.9. The predicted molar refractivity (Wildman–Crippen MR) is 125 cm³/mol. The Morgan fingerprint density at radius 2 is 1.70 bits per heavy atom. The number of benzene rings is 3. The lowest BCUT2D eigenvalue weighted by Gasteiger charge is -2.13. The van der Waals surface area contributed by atoms with Gasteiger partial charge in [-0.15, -0.1) is 11.8 Å². The second kappa shape index (κ2) is 10.3. The Bertz CT molecular complexity index is 1040. The van der Waals surface area contributed by atoms with Gasteiger partial charge in [0.25, 0.3) is 5.91 Å². The number of para-hydroxylation sites is 1. The minimum atomic E-state index is -0.283. The monoisotopic (exact) mass is 484 g/mol. The molecule has 0 aliphatic heterocycles. The summed E-state index contributed by atoms with van der Waals surface area (Å²) in [7, 11) is 1.56. The Hall–Kier alpha value is -2.77. The van der Waals surface area contributed by atoms with Crippen LogP contribution in [0.15, 0.2) is 82.2 Å². The molecule has 0 aliphatic rings. The highest BCUT2D eigenvalue weighted by Gasteiger charge is 2.16. The molecular formula is C23H21BrN2O3S. The molecule has 2 N–H and O–H groups in total. The van der Waals surface area contributed by atoms with Crippen molar-refractivity contribution in [1.29, 1.82) is 0 Å². The fourth-order valence-electron chi connectivity index (χ4n) is 2.64. The van der Waals surface area contributed by atoms with Crippen LogP contribution >= 0.6 is 27.7 Å². The maximum Gasteiger partial charge on any atom is 0.255 e. The number of nitrogens with one attached hydrogen (secondary N) is 2. The molecule has 7 heteroatoms. The summed E-state index contributed by atoms with van der Waals surface area (Å²) in [6, 6.07) is 21.9. The molecule has 0 aromatic heterocycles. The summed E-state index contributed by atoms with van der Waals surface area (Å²) in [5.41, 5.74) is 1.94. The molecule has 0 saturated heterocycles. The van der Waals surface area contributed by atoms with E-state index in [1.54, 1.807) is 31.4 Å². The Morgan fingerprint density at radius 3 is 2.40 bits per heavy atom. The summed E-state index contributed by atoms with van der Waals surface area (Å²) in [5, 5.41) is 5.50. The van der Waals surface area contributed by atoms with Gasteiger partial charge in [-0.1, -0.05) is 18.2 Å². The van der Waals surface area contributed by atoms with Crippen LogP contribution in [0.1, 0.15) is 17.3 Å². The third-order valence-electron chi connectivity index (χ3n) is 4.26. The lowest BCUT2D eigenvalue weighted by Crippen LogP contribution is -2.22. The molecule has 3 aromatic carbocycles. The van der Waals surface area contributed by atoms with Gasteiger partial charge in [-0.3, -0.25) is 9.59 Å². The second-order valence-corrected chi connectivity index (χ2v) is 8.71. The van der Waals surface area contributed by atoms with Crippen molar-refractivity contribution < 1.29 is 14.3 Å². The van der Waals surface area contributed by atoms with E-state index in [9.17, 15) is 9.59 Å². The highest BCUT2D eigenvalue weighted by molar-refractivity contribution is 9.10. The number of thioether (sulfide) groups is 1. The van der Waals surface area contributed by atoms with Gasteiger partial charge in [0, 0.05) is 20.6 Å². The van der Waals surface area contributed by atoms with Crippen molar-refractivity contribution in [3.05, 3.63) is 82.8 Å². The Morgan fingerprint density at radius 1 is 0.967 bits per heavy atom. The Labute approximate surface area is 188 Å². The summed E-state index contributed by atoms with van der Waals surface area (Å²) in [4.78, 5) is 25.8. The molecule has 154 valence electrons. The van der Waals surface area contributed by atoms with Gasteiger partial charge in [-0.25, -0.2) is 0 Å². The smallest absolute Gasteiger partial charge is 0.255 e. The first kappa shape index (κ1) is 21.9. The van der Waals surface area contributed by atoms with E-state index in [4.69, 9.17) is 4.74 Å². The van der Waals surface area contributed by atoms with Crippen LogP contribution in [0.5, 0.6) is 5.75 Å². The van der Waals surface area contributed by atoms with Crippen LogP contribution in [0.25, 0.3) is 0 Å². The van der Waals surface area contributed by atoms with Crippen LogP contribution in [-0.2, 0) is 4.79 Å². The van der Waals surface area contributed by atoms with Gasteiger partial charge in [0.2, 0.25) is 5.91 Å². The number of amides is 2. The van der Waals surface area contributed by atoms with E-state index in [0.717, 1.165) is 15.1 Å². The summed E-state index contributed by atoms with van der Waals surface area (Å²) in [5.74, 6) is 0.335. The number of hydrogen-bond acceptors (Lipinski definition) is 4. The number of halogens is 1. The molecule has 1 atom stereocenters. The molecule has 0 spiro atoms. The minimum Gasteiger partial charge on any atom is -0.497 e. The maximum atomic E-state index is 12.5. The van der Waals surface area contributed by atoms with Crippen molar-refractivity contribution in [1.82, 2.24) is 0 Å². The molecule has 3 rings (SSSR count). The van der Waals surface area contributed by atoms with Gasteiger partial charge in [-0.2, -0.15) is 0 Å². The Balaban J connectivity index is 1.57. The molecule has 0 saturated carbocycles. The van der Waals surface area contributed by atoms with E-state index in [-0.39, 0.29) is 17.1 Å². The summed E-state index contributed by atoms with van der Waals surface area (Å²) < 4.78 is 5.99. The van der Waals surface area contributed by atoms with Gasteiger partial charge in [-0.05, 0) is 77.5 Å². The van der Waals surface area contributed by atoms with Crippen molar-refractivity contribution in [2.45, 2.75) is 17.1 Å². The van der Waals surface area contributed by atoms with Crippen LogP contribution < -0.4 is 15.4 Å². The average molecular weight is 485 g/mol. The molecule has 30 heavy (non-hydrogen) atoms. The average Bonchev–Trinajstić information content (AvgIpc) is 2.76. The van der Waals surface area contributed by atoms with Gasteiger partial charge in [0.1, 0.15) is 5.75 Å². The number of carbonyl (C=O) groups is 2. The quantitative estimate of drug-likeness (QED) is 0.414. The SMILES string of the molecule is COc1cccc(C(=O)Nc2ccc(SC(C)C(=O)Nc3ccccc3Br)cc2)c1.